The second-order valence-corrected chi connectivity index (χ2v) is 3.55. The van der Waals surface area contributed by atoms with E-state index in [1.807, 2.05) is 18.4 Å². The Hall–Kier alpha value is -2.17. The molecule has 2 N–H and O–H groups in total. The average Bonchev–Trinajstić information content (AvgIpc) is 2.59. The first kappa shape index (κ1) is 10.4. The third-order valence-electron chi connectivity index (χ3n) is 2.37. The van der Waals surface area contributed by atoms with Crippen LogP contribution in [0.4, 0.5) is 0 Å². The van der Waals surface area contributed by atoms with E-state index in [-0.39, 0.29) is 0 Å². The van der Waals surface area contributed by atoms with Crippen molar-refractivity contribution in [3.63, 3.8) is 0 Å². The van der Waals surface area contributed by atoms with Crippen molar-refractivity contribution in [3.05, 3.63) is 41.6 Å². The van der Waals surface area contributed by atoms with Gasteiger partial charge in [0.1, 0.15) is 11.6 Å². The standard InChI is InChI=1S/C11H12N4O/c1-7-6-14-8(2)15(7)10-5-9(11(12)16)3-4-13-10/h3-6H,1-2H3,(H2,12,16). The summed E-state index contributed by atoms with van der Waals surface area (Å²) in [5, 5.41) is 0. The summed E-state index contributed by atoms with van der Waals surface area (Å²) in [6.07, 6.45) is 3.32. The fourth-order valence-corrected chi connectivity index (χ4v) is 1.60. The number of imidazole rings is 1. The maximum atomic E-state index is 11.1. The summed E-state index contributed by atoms with van der Waals surface area (Å²) in [5.41, 5.74) is 6.63. The summed E-state index contributed by atoms with van der Waals surface area (Å²) in [6.45, 7) is 3.81. The number of aryl methyl sites for hydroxylation is 2. The van der Waals surface area contributed by atoms with Crippen LogP contribution in [-0.4, -0.2) is 20.4 Å². The molecule has 1 amide bonds. The van der Waals surface area contributed by atoms with Gasteiger partial charge in [-0.3, -0.25) is 9.36 Å². The second kappa shape index (κ2) is 3.77. The fraction of sp³-hybridized carbons (Fsp3) is 0.182. The minimum Gasteiger partial charge on any atom is -0.366 e. The van der Waals surface area contributed by atoms with Gasteiger partial charge in [-0.15, -0.1) is 0 Å². The molecule has 2 rings (SSSR count). The highest BCUT2D eigenvalue weighted by molar-refractivity contribution is 5.93. The molecule has 82 valence electrons. The van der Waals surface area contributed by atoms with Gasteiger partial charge in [-0.2, -0.15) is 0 Å². The van der Waals surface area contributed by atoms with E-state index in [1.165, 1.54) is 0 Å². The fourth-order valence-electron chi connectivity index (χ4n) is 1.60. The summed E-state index contributed by atoms with van der Waals surface area (Å²) in [5.74, 6) is 1.02. The van der Waals surface area contributed by atoms with Crippen LogP contribution in [0.1, 0.15) is 21.9 Å². The molecule has 5 heteroatoms. The number of rotatable bonds is 2. The molecular weight excluding hydrogens is 204 g/mol. The predicted octanol–water partition coefficient (Wildman–Crippen LogP) is 0.983. The van der Waals surface area contributed by atoms with Crippen LogP contribution in [0.5, 0.6) is 0 Å². The van der Waals surface area contributed by atoms with Crippen molar-refractivity contribution < 1.29 is 4.79 Å². The third kappa shape index (κ3) is 1.67. The number of nitrogens with zero attached hydrogens (tertiary/aromatic N) is 3. The van der Waals surface area contributed by atoms with E-state index in [2.05, 4.69) is 9.97 Å². The lowest BCUT2D eigenvalue weighted by molar-refractivity contribution is 0.1000. The Morgan fingerprint density at radius 3 is 2.69 bits per heavy atom. The molecule has 16 heavy (non-hydrogen) atoms. The van der Waals surface area contributed by atoms with Gasteiger partial charge in [-0.05, 0) is 26.0 Å². The Morgan fingerprint density at radius 1 is 1.38 bits per heavy atom. The number of nitrogens with two attached hydrogens (primary N) is 1. The van der Waals surface area contributed by atoms with Crippen molar-refractivity contribution in [1.29, 1.82) is 0 Å². The number of amides is 1. The molecule has 0 aliphatic carbocycles. The number of aromatic nitrogens is 3. The maximum absolute atomic E-state index is 11.1. The molecule has 0 bridgehead atoms. The Balaban J connectivity index is 2.57. The predicted molar refractivity (Wildman–Crippen MR) is 59.4 cm³/mol. The lowest BCUT2D eigenvalue weighted by atomic mass is 10.2. The van der Waals surface area contributed by atoms with E-state index in [0.717, 1.165) is 11.5 Å². The minimum absolute atomic E-state index is 0.442. The van der Waals surface area contributed by atoms with Crippen LogP contribution in [0.15, 0.2) is 24.5 Å². The highest BCUT2D eigenvalue weighted by Gasteiger charge is 2.08. The molecule has 2 aromatic heterocycles. The van der Waals surface area contributed by atoms with E-state index in [1.54, 1.807) is 24.5 Å². The zero-order chi connectivity index (χ0) is 11.7. The van der Waals surface area contributed by atoms with Gasteiger partial charge >= 0.3 is 0 Å². The van der Waals surface area contributed by atoms with E-state index < -0.39 is 5.91 Å². The summed E-state index contributed by atoms with van der Waals surface area (Å²) >= 11 is 0. The van der Waals surface area contributed by atoms with Gasteiger partial charge in [-0.25, -0.2) is 9.97 Å². The quantitative estimate of drug-likeness (QED) is 0.813. The summed E-state index contributed by atoms with van der Waals surface area (Å²) in [4.78, 5) is 19.4. The third-order valence-corrected chi connectivity index (χ3v) is 2.37. The van der Waals surface area contributed by atoms with E-state index >= 15 is 0 Å². The molecule has 5 nitrogen and oxygen atoms in total. The molecule has 2 aromatic rings. The largest absolute Gasteiger partial charge is 0.366 e. The van der Waals surface area contributed by atoms with Gasteiger partial charge in [0.2, 0.25) is 5.91 Å². The van der Waals surface area contributed by atoms with Gasteiger partial charge in [0.15, 0.2) is 0 Å². The maximum Gasteiger partial charge on any atom is 0.248 e. The molecule has 0 spiro atoms. The topological polar surface area (TPSA) is 73.8 Å². The molecule has 0 fully saturated rings. The van der Waals surface area contributed by atoms with E-state index in [9.17, 15) is 4.79 Å². The molecule has 0 aromatic carbocycles. The van der Waals surface area contributed by atoms with Crippen LogP contribution in [0, 0.1) is 13.8 Å². The Kier molecular flexibility index (Phi) is 2.44. The minimum atomic E-state index is -0.459. The average molecular weight is 216 g/mol. The zero-order valence-electron chi connectivity index (χ0n) is 9.14. The van der Waals surface area contributed by atoms with Crippen molar-refractivity contribution in [2.75, 3.05) is 0 Å². The molecule has 2 heterocycles. The van der Waals surface area contributed by atoms with Gasteiger partial charge in [0.05, 0.1) is 0 Å². The molecular formula is C11H12N4O. The van der Waals surface area contributed by atoms with Gasteiger partial charge in [0.25, 0.3) is 0 Å². The Bertz CT molecular complexity index is 525. The zero-order valence-corrected chi connectivity index (χ0v) is 9.14. The highest BCUT2D eigenvalue weighted by Crippen LogP contribution is 2.12. The smallest absolute Gasteiger partial charge is 0.248 e. The highest BCUT2D eigenvalue weighted by atomic mass is 16.1. The van der Waals surface area contributed by atoms with Crippen LogP contribution in [0.25, 0.3) is 5.82 Å². The number of hydrogen-bond acceptors (Lipinski definition) is 3. The lowest BCUT2D eigenvalue weighted by Crippen LogP contribution is -2.12. The van der Waals surface area contributed by atoms with Crippen LogP contribution in [0.3, 0.4) is 0 Å². The molecule has 0 saturated carbocycles. The molecule has 0 saturated heterocycles. The normalized spacial score (nSPS) is 10.4. The summed E-state index contributed by atoms with van der Waals surface area (Å²) in [7, 11) is 0. The first-order chi connectivity index (χ1) is 7.59. The van der Waals surface area contributed by atoms with E-state index in [0.29, 0.717) is 11.4 Å². The van der Waals surface area contributed by atoms with Crippen LogP contribution >= 0.6 is 0 Å². The van der Waals surface area contributed by atoms with E-state index in [4.69, 9.17) is 5.73 Å². The van der Waals surface area contributed by atoms with Crippen molar-refractivity contribution >= 4 is 5.91 Å². The molecule has 0 aliphatic heterocycles. The number of hydrogen-bond donors (Lipinski definition) is 1. The first-order valence-corrected chi connectivity index (χ1v) is 4.87. The first-order valence-electron chi connectivity index (χ1n) is 4.87. The van der Waals surface area contributed by atoms with Gasteiger partial charge in [0, 0.05) is 23.7 Å². The number of carbonyl (C=O) groups is 1. The number of pyridine rings is 1. The Morgan fingerprint density at radius 2 is 2.12 bits per heavy atom. The van der Waals surface area contributed by atoms with Crippen LogP contribution in [0.2, 0.25) is 0 Å². The molecule has 0 aliphatic rings. The van der Waals surface area contributed by atoms with Crippen molar-refractivity contribution in [1.82, 2.24) is 14.5 Å². The van der Waals surface area contributed by atoms with Gasteiger partial charge < -0.3 is 5.73 Å². The van der Waals surface area contributed by atoms with Crippen LogP contribution < -0.4 is 5.73 Å². The number of carbonyl (C=O) groups excluding carboxylic acids is 1. The number of primary amides is 1. The summed E-state index contributed by atoms with van der Waals surface area (Å²) in [6, 6.07) is 3.25. The van der Waals surface area contributed by atoms with Crippen LogP contribution in [-0.2, 0) is 0 Å². The van der Waals surface area contributed by atoms with Crippen molar-refractivity contribution in [2.45, 2.75) is 13.8 Å². The Labute approximate surface area is 92.9 Å². The van der Waals surface area contributed by atoms with Crippen molar-refractivity contribution in [3.8, 4) is 5.82 Å². The molecule has 0 radical (unpaired) electrons. The lowest BCUT2D eigenvalue weighted by Gasteiger charge is -2.07. The summed E-state index contributed by atoms with van der Waals surface area (Å²) < 4.78 is 1.87. The SMILES string of the molecule is Cc1cnc(C)n1-c1cc(C(N)=O)ccn1. The molecule has 0 atom stereocenters. The van der Waals surface area contributed by atoms with Crippen molar-refractivity contribution in [2.24, 2.45) is 5.73 Å². The second-order valence-electron chi connectivity index (χ2n) is 3.55. The monoisotopic (exact) mass is 216 g/mol. The molecule has 0 unspecified atom stereocenters. The van der Waals surface area contributed by atoms with Gasteiger partial charge in [-0.1, -0.05) is 0 Å².